The van der Waals surface area contributed by atoms with Gasteiger partial charge in [-0.3, -0.25) is 4.79 Å². The molecule has 1 atom stereocenters. The number of fused-ring (bicyclic) bond motifs is 1. The molecule has 0 heterocycles. The molecule has 0 aliphatic carbocycles. The predicted molar refractivity (Wildman–Crippen MR) is 104 cm³/mol. The molecule has 134 valence electrons. The van der Waals surface area contributed by atoms with E-state index in [2.05, 4.69) is 35.6 Å². The predicted octanol–water partition coefficient (Wildman–Crippen LogP) is 4.49. The number of rotatable bonds is 7. The molecule has 0 radical (unpaired) electrons. The van der Waals surface area contributed by atoms with E-state index in [1.165, 1.54) is 10.8 Å². The minimum absolute atomic E-state index is 0.0285. The van der Waals surface area contributed by atoms with Gasteiger partial charge >= 0.3 is 0 Å². The van der Waals surface area contributed by atoms with Crippen LogP contribution in [-0.2, 0) is 4.79 Å². The van der Waals surface area contributed by atoms with E-state index in [4.69, 9.17) is 9.47 Å². The second-order valence-corrected chi connectivity index (χ2v) is 6.17. The first-order valence-corrected chi connectivity index (χ1v) is 8.70. The third-order valence-electron chi connectivity index (χ3n) is 4.31. The van der Waals surface area contributed by atoms with Crippen molar-refractivity contribution >= 4 is 16.7 Å². The summed E-state index contributed by atoms with van der Waals surface area (Å²) in [5.41, 5.74) is 1.09. The van der Waals surface area contributed by atoms with E-state index in [9.17, 15) is 4.79 Å². The number of hydrogen-bond donors (Lipinski definition) is 1. The number of nitrogens with one attached hydrogen (secondary N) is 1. The van der Waals surface area contributed by atoms with Gasteiger partial charge in [0, 0.05) is 0 Å². The highest BCUT2D eigenvalue weighted by Gasteiger charge is 2.10. The Balaban J connectivity index is 1.50. The Hall–Kier alpha value is -3.01. The van der Waals surface area contributed by atoms with Crippen molar-refractivity contribution in [3.05, 3.63) is 72.3 Å². The highest BCUT2D eigenvalue weighted by Crippen LogP contribution is 2.20. The second-order valence-electron chi connectivity index (χ2n) is 6.17. The third-order valence-corrected chi connectivity index (χ3v) is 4.31. The highest BCUT2D eigenvalue weighted by molar-refractivity contribution is 5.83. The van der Waals surface area contributed by atoms with E-state index in [1.807, 2.05) is 43.3 Å². The number of benzene rings is 3. The van der Waals surface area contributed by atoms with Crippen molar-refractivity contribution < 1.29 is 14.3 Å². The van der Waals surface area contributed by atoms with Gasteiger partial charge in [-0.05, 0) is 53.6 Å². The second kappa shape index (κ2) is 8.39. The Morgan fingerprint density at radius 3 is 2.38 bits per heavy atom. The van der Waals surface area contributed by atoms with Crippen LogP contribution >= 0.6 is 0 Å². The summed E-state index contributed by atoms with van der Waals surface area (Å²) in [7, 11) is 1.62. The molecule has 1 amide bonds. The topological polar surface area (TPSA) is 47.6 Å². The van der Waals surface area contributed by atoms with E-state index in [-0.39, 0.29) is 11.9 Å². The van der Waals surface area contributed by atoms with E-state index >= 15 is 0 Å². The van der Waals surface area contributed by atoms with Crippen LogP contribution in [0.3, 0.4) is 0 Å². The molecule has 3 rings (SSSR count). The van der Waals surface area contributed by atoms with Gasteiger partial charge in [0.2, 0.25) is 5.91 Å². The summed E-state index contributed by atoms with van der Waals surface area (Å²) in [6.45, 7) is 2.33. The van der Waals surface area contributed by atoms with Gasteiger partial charge in [0.25, 0.3) is 0 Å². The summed E-state index contributed by atoms with van der Waals surface area (Å²) in [6.07, 6.45) is 0.309. The number of ether oxygens (including phenoxy) is 2. The fourth-order valence-electron chi connectivity index (χ4n) is 2.81. The Morgan fingerprint density at radius 1 is 0.962 bits per heavy atom. The van der Waals surface area contributed by atoms with Gasteiger partial charge in [-0.2, -0.15) is 0 Å². The summed E-state index contributed by atoms with van der Waals surface area (Å²) in [5.74, 6) is 1.47. The van der Waals surface area contributed by atoms with Crippen molar-refractivity contribution in [1.29, 1.82) is 0 Å². The Morgan fingerprint density at radius 2 is 1.65 bits per heavy atom. The van der Waals surface area contributed by atoms with Crippen molar-refractivity contribution in [1.82, 2.24) is 5.32 Å². The minimum Gasteiger partial charge on any atom is -0.497 e. The zero-order chi connectivity index (χ0) is 18.4. The van der Waals surface area contributed by atoms with E-state index in [0.717, 1.165) is 17.1 Å². The van der Waals surface area contributed by atoms with Gasteiger partial charge in [-0.15, -0.1) is 0 Å². The first kappa shape index (κ1) is 17.8. The summed E-state index contributed by atoms with van der Waals surface area (Å²) in [4.78, 5) is 12.2. The van der Waals surface area contributed by atoms with E-state index in [0.29, 0.717) is 13.0 Å². The van der Waals surface area contributed by atoms with Gasteiger partial charge in [-0.1, -0.05) is 36.4 Å². The lowest BCUT2D eigenvalue weighted by molar-refractivity contribution is -0.122. The number of amides is 1. The zero-order valence-electron chi connectivity index (χ0n) is 15.1. The van der Waals surface area contributed by atoms with Crippen LogP contribution < -0.4 is 14.8 Å². The first-order chi connectivity index (χ1) is 12.7. The number of methoxy groups -OCH3 is 1. The summed E-state index contributed by atoms with van der Waals surface area (Å²) in [5, 5.41) is 5.40. The number of hydrogen-bond acceptors (Lipinski definition) is 3. The van der Waals surface area contributed by atoms with Gasteiger partial charge in [-0.25, -0.2) is 0 Å². The summed E-state index contributed by atoms with van der Waals surface area (Å²) >= 11 is 0. The molecule has 0 aromatic heterocycles. The van der Waals surface area contributed by atoms with Crippen molar-refractivity contribution in [3.63, 3.8) is 0 Å². The van der Waals surface area contributed by atoms with Crippen LogP contribution in [0.4, 0.5) is 0 Å². The standard InChI is InChI=1S/C22H23NO3/c1-16(18-8-7-17-5-3-4-6-19(17)15-18)23-22(24)13-14-26-21-11-9-20(25-2)10-12-21/h3-12,15-16H,13-14H2,1-2H3,(H,23,24). The third kappa shape index (κ3) is 4.54. The summed E-state index contributed by atoms with van der Waals surface area (Å²) in [6, 6.07) is 21.7. The van der Waals surface area contributed by atoms with Crippen LogP contribution in [0.1, 0.15) is 24.9 Å². The van der Waals surface area contributed by atoms with Crippen LogP contribution in [0.5, 0.6) is 11.5 Å². The molecule has 3 aromatic rings. The molecule has 0 saturated carbocycles. The van der Waals surface area contributed by atoms with Gasteiger partial charge in [0.15, 0.2) is 0 Å². The molecular formula is C22H23NO3. The molecule has 1 unspecified atom stereocenters. The van der Waals surface area contributed by atoms with Gasteiger partial charge in [0.05, 0.1) is 26.2 Å². The van der Waals surface area contributed by atoms with Crippen LogP contribution in [0.25, 0.3) is 10.8 Å². The fraction of sp³-hybridized carbons (Fsp3) is 0.227. The van der Waals surface area contributed by atoms with Crippen LogP contribution in [0.15, 0.2) is 66.7 Å². The van der Waals surface area contributed by atoms with Crippen molar-refractivity contribution in [2.75, 3.05) is 13.7 Å². The highest BCUT2D eigenvalue weighted by atomic mass is 16.5. The molecule has 4 nitrogen and oxygen atoms in total. The molecule has 1 N–H and O–H groups in total. The lowest BCUT2D eigenvalue weighted by Crippen LogP contribution is -2.27. The monoisotopic (exact) mass is 349 g/mol. The van der Waals surface area contributed by atoms with Crippen molar-refractivity contribution in [3.8, 4) is 11.5 Å². The van der Waals surface area contributed by atoms with Crippen LogP contribution in [0, 0.1) is 0 Å². The molecule has 26 heavy (non-hydrogen) atoms. The SMILES string of the molecule is COc1ccc(OCCC(=O)NC(C)c2ccc3ccccc3c2)cc1. The van der Waals surface area contributed by atoms with Gasteiger partial charge < -0.3 is 14.8 Å². The molecule has 0 spiro atoms. The van der Waals surface area contributed by atoms with E-state index in [1.54, 1.807) is 7.11 Å². The zero-order valence-corrected chi connectivity index (χ0v) is 15.1. The number of carbonyl (C=O) groups is 1. The maximum absolute atomic E-state index is 12.2. The fourth-order valence-corrected chi connectivity index (χ4v) is 2.81. The summed E-state index contributed by atoms with van der Waals surface area (Å²) < 4.78 is 10.7. The van der Waals surface area contributed by atoms with Crippen LogP contribution in [0.2, 0.25) is 0 Å². The smallest absolute Gasteiger partial charge is 0.223 e. The van der Waals surface area contributed by atoms with E-state index < -0.39 is 0 Å². The normalized spacial score (nSPS) is 11.8. The van der Waals surface area contributed by atoms with Crippen molar-refractivity contribution in [2.24, 2.45) is 0 Å². The van der Waals surface area contributed by atoms with Crippen molar-refractivity contribution in [2.45, 2.75) is 19.4 Å². The molecule has 0 bridgehead atoms. The first-order valence-electron chi connectivity index (χ1n) is 8.70. The quantitative estimate of drug-likeness (QED) is 0.683. The molecule has 4 heteroatoms. The van der Waals surface area contributed by atoms with Gasteiger partial charge in [0.1, 0.15) is 11.5 Å². The Kier molecular flexibility index (Phi) is 5.74. The number of carbonyl (C=O) groups excluding carboxylic acids is 1. The molecule has 0 saturated heterocycles. The average Bonchev–Trinajstić information content (AvgIpc) is 2.68. The molecule has 0 aliphatic rings. The molecule has 3 aromatic carbocycles. The molecule has 0 aliphatic heterocycles. The molecular weight excluding hydrogens is 326 g/mol. The maximum Gasteiger partial charge on any atom is 0.223 e. The lowest BCUT2D eigenvalue weighted by atomic mass is 10.0. The molecule has 0 fully saturated rings. The largest absolute Gasteiger partial charge is 0.497 e. The Bertz CT molecular complexity index is 874. The Labute approximate surface area is 153 Å². The lowest BCUT2D eigenvalue weighted by Gasteiger charge is -2.15. The average molecular weight is 349 g/mol. The van der Waals surface area contributed by atoms with Crippen LogP contribution in [-0.4, -0.2) is 19.6 Å². The minimum atomic E-state index is -0.0481. The maximum atomic E-state index is 12.2.